The monoisotopic (exact) mass is 276 g/mol. The standard InChI is InChI=1S/C13H16N4O3/c1-2-3-4-10(13(19)20)16-12(18)9-7-15-17-6-5-14-8-11(9)17/h5-8,10H,2-4H2,1H3,(H,16,18)(H,19,20). The summed E-state index contributed by atoms with van der Waals surface area (Å²) in [5.74, 6) is -1.47. The van der Waals surface area contributed by atoms with Crippen LogP contribution in [0.25, 0.3) is 5.52 Å². The summed E-state index contributed by atoms with van der Waals surface area (Å²) in [6, 6.07) is -0.880. The van der Waals surface area contributed by atoms with Gasteiger partial charge in [0.25, 0.3) is 5.91 Å². The van der Waals surface area contributed by atoms with Crippen LogP contribution < -0.4 is 5.32 Å². The normalized spacial score (nSPS) is 12.2. The number of aromatic nitrogens is 3. The summed E-state index contributed by atoms with van der Waals surface area (Å²) in [4.78, 5) is 27.2. The molecule has 2 rings (SSSR count). The lowest BCUT2D eigenvalue weighted by molar-refractivity contribution is -0.139. The number of amides is 1. The minimum Gasteiger partial charge on any atom is -0.480 e. The number of carboxylic acid groups (broad SMARTS) is 1. The highest BCUT2D eigenvalue weighted by Crippen LogP contribution is 2.10. The van der Waals surface area contributed by atoms with Crippen molar-refractivity contribution in [3.05, 3.63) is 30.4 Å². The Labute approximate surface area is 115 Å². The third-order valence-corrected chi connectivity index (χ3v) is 3.02. The molecule has 7 nitrogen and oxygen atoms in total. The van der Waals surface area contributed by atoms with Crippen LogP contribution in [0.4, 0.5) is 0 Å². The molecular formula is C13H16N4O3. The molecule has 106 valence electrons. The van der Waals surface area contributed by atoms with Gasteiger partial charge in [0.2, 0.25) is 0 Å². The SMILES string of the molecule is CCCCC(NC(=O)c1cnn2ccncc12)C(=O)O. The Balaban J connectivity index is 2.16. The van der Waals surface area contributed by atoms with Gasteiger partial charge in [0.15, 0.2) is 0 Å². The summed E-state index contributed by atoms with van der Waals surface area (Å²) in [7, 11) is 0. The number of fused-ring (bicyclic) bond motifs is 1. The summed E-state index contributed by atoms with van der Waals surface area (Å²) in [6.45, 7) is 1.97. The molecule has 0 saturated heterocycles. The number of aliphatic carboxylic acids is 1. The van der Waals surface area contributed by atoms with E-state index in [9.17, 15) is 9.59 Å². The first-order valence-electron chi connectivity index (χ1n) is 6.44. The van der Waals surface area contributed by atoms with Gasteiger partial charge in [-0.3, -0.25) is 9.78 Å². The van der Waals surface area contributed by atoms with E-state index in [0.29, 0.717) is 17.5 Å². The van der Waals surface area contributed by atoms with Crippen LogP contribution in [-0.4, -0.2) is 37.6 Å². The van der Waals surface area contributed by atoms with E-state index in [1.54, 1.807) is 12.4 Å². The van der Waals surface area contributed by atoms with Gasteiger partial charge in [-0.15, -0.1) is 0 Å². The van der Waals surface area contributed by atoms with Gasteiger partial charge in [-0.25, -0.2) is 9.31 Å². The summed E-state index contributed by atoms with van der Waals surface area (Å²) >= 11 is 0. The average molecular weight is 276 g/mol. The van der Waals surface area contributed by atoms with Crippen molar-refractivity contribution in [1.82, 2.24) is 19.9 Å². The number of carbonyl (C=O) groups is 2. The molecule has 0 bridgehead atoms. The lowest BCUT2D eigenvalue weighted by atomic mass is 10.1. The molecule has 0 radical (unpaired) electrons. The molecule has 7 heteroatoms. The van der Waals surface area contributed by atoms with Crippen LogP contribution in [0.2, 0.25) is 0 Å². The predicted molar refractivity (Wildman–Crippen MR) is 71.4 cm³/mol. The molecular weight excluding hydrogens is 260 g/mol. The van der Waals surface area contributed by atoms with Crippen molar-refractivity contribution >= 4 is 17.4 Å². The molecule has 0 aliphatic heterocycles. The molecule has 20 heavy (non-hydrogen) atoms. The van der Waals surface area contributed by atoms with Crippen LogP contribution in [-0.2, 0) is 4.79 Å². The highest BCUT2D eigenvalue weighted by Gasteiger charge is 2.21. The van der Waals surface area contributed by atoms with Gasteiger partial charge in [-0.2, -0.15) is 5.10 Å². The van der Waals surface area contributed by atoms with Crippen molar-refractivity contribution in [3.8, 4) is 0 Å². The van der Waals surface area contributed by atoms with E-state index in [-0.39, 0.29) is 0 Å². The molecule has 2 aromatic rings. The first-order valence-corrected chi connectivity index (χ1v) is 6.44. The second kappa shape index (κ2) is 6.14. The molecule has 1 unspecified atom stereocenters. The number of nitrogens with zero attached hydrogens (tertiary/aromatic N) is 3. The number of nitrogens with one attached hydrogen (secondary N) is 1. The molecule has 0 aromatic carbocycles. The number of carboxylic acids is 1. The zero-order valence-electron chi connectivity index (χ0n) is 11.1. The average Bonchev–Trinajstić information content (AvgIpc) is 2.87. The maximum absolute atomic E-state index is 12.1. The fraction of sp³-hybridized carbons (Fsp3) is 0.385. The molecule has 0 spiro atoms. The third-order valence-electron chi connectivity index (χ3n) is 3.02. The molecule has 2 heterocycles. The van der Waals surface area contributed by atoms with Crippen molar-refractivity contribution in [1.29, 1.82) is 0 Å². The molecule has 1 atom stereocenters. The second-order valence-corrected chi connectivity index (χ2v) is 4.47. The van der Waals surface area contributed by atoms with Gasteiger partial charge in [0.05, 0.1) is 23.5 Å². The van der Waals surface area contributed by atoms with Gasteiger partial charge in [0, 0.05) is 12.4 Å². The smallest absolute Gasteiger partial charge is 0.326 e. The molecule has 0 saturated carbocycles. The van der Waals surface area contributed by atoms with Crippen molar-refractivity contribution in [2.24, 2.45) is 0 Å². The Morgan fingerprint density at radius 2 is 2.25 bits per heavy atom. The predicted octanol–water partition coefficient (Wildman–Crippen LogP) is 1.10. The van der Waals surface area contributed by atoms with Gasteiger partial charge in [0.1, 0.15) is 6.04 Å². The summed E-state index contributed by atoms with van der Waals surface area (Å²) in [5, 5.41) is 15.7. The van der Waals surface area contributed by atoms with Crippen molar-refractivity contribution in [2.45, 2.75) is 32.2 Å². The van der Waals surface area contributed by atoms with E-state index >= 15 is 0 Å². The van der Waals surface area contributed by atoms with Crippen molar-refractivity contribution in [2.75, 3.05) is 0 Å². The summed E-state index contributed by atoms with van der Waals surface area (Å²) in [6.07, 6.45) is 8.14. The fourth-order valence-corrected chi connectivity index (χ4v) is 1.91. The van der Waals surface area contributed by atoms with Crippen LogP contribution in [0.1, 0.15) is 36.5 Å². The number of rotatable bonds is 6. The minimum atomic E-state index is -1.03. The number of hydrogen-bond donors (Lipinski definition) is 2. The Bertz CT molecular complexity index is 623. The molecule has 2 N–H and O–H groups in total. The van der Waals surface area contributed by atoms with E-state index in [2.05, 4.69) is 15.4 Å². The van der Waals surface area contributed by atoms with Gasteiger partial charge in [-0.1, -0.05) is 19.8 Å². The first kappa shape index (κ1) is 14.0. The zero-order valence-corrected chi connectivity index (χ0v) is 11.1. The highest BCUT2D eigenvalue weighted by atomic mass is 16.4. The quantitative estimate of drug-likeness (QED) is 0.823. The van der Waals surface area contributed by atoms with Crippen molar-refractivity contribution < 1.29 is 14.7 Å². The van der Waals surface area contributed by atoms with Crippen LogP contribution >= 0.6 is 0 Å². The molecule has 0 aliphatic rings. The van der Waals surface area contributed by atoms with Crippen LogP contribution in [0, 0.1) is 0 Å². The lowest BCUT2D eigenvalue weighted by Gasteiger charge is -2.13. The first-order chi connectivity index (χ1) is 9.63. The van der Waals surface area contributed by atoms with E-state index in [1.807, 2.05) is 6.92 Å². The number of carbonyl (C=O) groups excluding carboxylic acids is 1. The molecule has 1 amide bonds. The van der Waals surface area contributed by atoms with Crippen LogP contribution in [0.5, 0.6) is 0 Å². The van der Waals surface area contributed by atoms with Crippen LogP contribution in [0.15, 0.2) is 24.8 Å². The maximum Gasteiger partial charge on any atom is 0.326 e. The number of unbranched alkanes of at least 4 members (excludes halogenated alkanes) is 1. The largest absolute Gasteiger partial charge is 0.480 e. The fourth-order valence-electron chi connectivity index (χ4n) is 1.91. The van der Waals surface area contributed by atoms with Crippen LogP contribution in [0.3, 0.4) is 0 Å². The summed E-state index contributed by atoms with van der Waals surface area (Å²) < 4.78 is 1.52. The molecule has 0 aliphatic carbocycles. The van der Waals surface area contributed by atoms with E-state index in [4.69, 9.17) is 5.11 Å². The number of hydrogen-bond acceptors (Lipinski definition) is 4. The molecule has 2 aromatic heterocycles. The van der Waals surface area contributed by atoms with E-state index < -0.39 is 17.9 Å². The van der Waals surface area contributed by atoms with Gasteiger partial charge in [-0.05, 0) is 6.42 Å². The van der Waals surface area contributed by atoms with Gasteiger partial charge < -0.3 is 10.4 Å². The Morgan fingerprint density at radius 1 is 1.45 bits per heavy atom. The van der Waals surface area contributed by atoms with Crippen molar-refractivity contribution in [3.63, 3.8) is 0 Å². The van der Waals surface area contributed by atoms with Gasteiger partial charge >= 0.3 is 5.97 Å². The lowest BCUT2D eigenvalue weighted by Crippen LogP contribution is -2.40. The topological polar surface area (TPSA) is 96.6 Å². The maximum atomic E-state index is 12.1. The molecule has 0 fully saturated rings. The van der Waals surface area contributed by atoms with E-state index in [0.717, 1.165) is 12.8 Å². The highest BCUT2D eigenvalue weighted by molar-refractivity contribution is 6.01. The Hall–Kier alpha value is -2.44. The Morgan fingerprint density at radius 3 is 2.95 bits per heavy atom. The Kier molecular flexibility index (Phi) is 4.29. The third kappa shape index (κ3) is 2.93. The minimum absolute atomic E-state index is 0.320. The second-order valence-electron chi connectivity index (χ2n) is 4.47. The zero-order chi connectivity index (χ0) is 14.5. The van der Waals surface area contributed by atoms with E-state index in [1.165, 1.54) is 16.9 Å². The summed E-state index contributed by atoms with van der Waals surface area (Å²) in [5.41, 5.74) is 0.866.